The SMILES string of the molecule is C[C@@H]1CCC[C@H](C2OCCO2)N1C(=O)[C@@H]1C[C@H]1c1ccco1. The number of nitrogens with zero attached hydrogens (tertiary/aromatic N) is 1. The van der Waals surface area contributed by atoms with Crippen LogP contribution >= 0.6 is 0 Å². The molecule has 5 nitrogen and oxygen atoms in total. The van der Waals surface area contributed by atoms with Crippen LogP contribution in [0.1, 0.15) is 44.3 Å². The molecule has 4 atom stereocenters. The van der Waals surface area contributed by atoms with E-state index >= 15 is 0 Å². The standard InChI is InChI=1S/C17H23NO4/c1-11-4-2-5-14(17-21-8-9-22-17)18(11)16(19)13-10-12(13)15-6-3-7-20-15/h3,6-7,11-14,17H,2,4-5,8-10H2,1H3/t11-,12-,13-,14-/m1/s1. The fourth-order valence-electron chi connectivity index (χ4n) is 3.95. The summed E-state index contributed by atoms with van der Waals surface area (Å²) in [4.78, 5) is 15.1. The molecule has 2 saturated heterocycles. The summed E-state index contributed by atoms with van der Waals surface area (Å²) in [6, 6.07) is 4.19. The van der Waals surface area contributed by atoms with E-state index in [1.54, 1.807) is 6.26 Å². The van der Waals surface area contributed by atoms with Crippen LogP contribution in [0.25, 0.3) is 0 Å². The average Bonchev–Trinajstić information content (AvgIpc) is 2.97. The number of piperidine rings is 1. The molecule has 3 heterocycles. The molecule has 2 aliphatic heterocycles. The Morgan fingerprint density at radius 1 is 1.27 bits per heavy atom. The second-order valence-corrected chi connectivity index (χ2v) is 6.67. The molecule has 0 unspecified atom stereocenters. The second-order valence-electron chi connectivity index (χ2n) is 6.67. The molecular formula is C17H23NO4. The van der Waals surface area contributed by atoms with Gasteiger partial charge in [-0.05, 0) is 44.7 Å². The van der Waals surface area contributed by atoms with E-state index in [0.717, 1.165) is 31.4 Å². The van der Waals surface area contributed by atoms with Gasteiger partial charge in [0.05, 0.1) is 25.5 Å². The van der Waals surface area contributed by atoms with E-state index in [4.69, 9.17) is 13.9 Å². The van der Waals surface area contributed by atoms with Crippen LogP contribution in [-0.2, 0) is 14.3 Å². The fraction of sp³-hybridized carbons (Fsp3) is 0.706. The Kier molecular flexibility index (Phi) is 3.70. The number of hydrogen-bond donors (Lipinski definition) is 0. The minimum Gasteiger partial charge on any atom is -0.469 e. The molecule has 3 fully saturated rings. The minimum absolute atomic E-state index is 0.0654. The van der Waals surface area contributed by atoms with Gasteiger partial charge in [0, 0.05) is 17.9 Å². The van der Waals surface area contributed by atoms with Crippen LogP contribution in [-0.4, -0.2) is 42.4 Å². The van der Waals surface area contributed by atoms with Crippen molar-refractivity contribution in [3.63, 3.8) is 0 Å². The Balaban J connectivity index is 1.49. The number of furan rings is 1. The highest BCUT2D eigenvalue weighted by Crippen LogP contribution is 2.49. The summed E-state index contributed by atoms with van der Waals surface area (Å²) in [5.41, 5.74) is 0. The van der Waals surface area contributed by atoms with Crippen molar-refractivity contribution in [1.29, 1.82) is 0 Å². The predicted molar refractivity (Wildman–Crippen MR) is 79.2 cm³/mol. The Hall–Kier alpha value is -1.33. The molecule has 1 aromatic heterocycles. The summed E-state index contributed by atoms with van der Waals surface area (Å²) in [5, 5.41) is 0. The van der Waals surface area contributed by atoms with Gasteiger partial charge in [-0.1, -0.05) is 0 Å². The number of carbonyl (C=O) groups excluding carboxylic acids is 1. The molecule has 0 bridgehead atoms. The van der Waals surface area contributed by atoms with Crippen molar-refractivity contribution in [3.8, 4) is 0 Å². The maximum atomic E-state index is 13.0. The number of amides is 1. The van der Waals surface area contributed by atoms with Crippen molar-refractivity contribution >= 4 is 5.91 Å². The smallest absolute Gasteiger partial charge is 0.227 e. The Bertz CT molecular complexity index is 523. The molecule has 0 spiro atoms. The van der Waals surface area contributed by atoms with Crippen LogP contribution in [0.4, 0.5) is 0 Å². The van der Waals surface area contributed by atoms with Crippen molar-refractivity contribution in [1.82, 2.24) is 4.90 Å². The van der Waals surface area contributed by atoms with Gasteiger partial charge in [-0.2, -0.15) is 0 Å². The molecule has 4 rings (SSSR count). The number of likely N-dealkylation sites (tertiary alicyclic amines) is 1. The molecule has 1 aromatic rings. The first-order chi connectivity index (χ1) is 10.8. The third kappa shape index (κ3) is 2.46. The lowest BCUT2D eigenvalue weighted by atomic mass is 9.95. The second kappa shape index (κ2) is 5.70. The predicted octanol–water partition coefficient (Wildman–Crippen LogP) is 2.53. The zero-order valence-electron chi connectivity index (χ0n) is 12.9. The number of ether oxygens (including phenoxy) is 2. The van der Waals surface area contributed by atoms with E-state index in [-0.39, 0.29) is 36.1 Å². The van der Waals surface area contributed by atoms with E-state index in [1.165, 1.54) is 0 Å². The first-order valence-electron chi connectivity index (χ1n) is 8.34. The lowest BCUT2D eigenvalue weighted by Crippen LogP contribution is -2.54. The van der Waals surface area contributed by atoms with Crippen LogP contribution in [0, 0.1) is 5.92 Å². The van der Waals surface area contributed by atoms with Crippen molar-refractivity contribution in [2.24, 2.45) is 5.92 Å². The highest BCUT2D eigenvalue weighted by molar-refractivity contribution is 5.83. The van der Waals surface area contributed by atoms with Gasteiger partial charge in [0.1, 0.15) is 5.76 Å². The quantitative estimate of drug-likeness (QED) is 0.861. The molecule has 5 heteroatoms. The van der Waals surface area contributed by atoms with Crippen molar-refractivity contribution in [3.05, 3.63) is 24.2 Å². The number of rotatable bonds is 3. The summed E-state index contributed by atoms with van der Waals surface area (Å²) >= 11 is 0. The molecule has 1 amide bonds. The Morgan fingerprint density at radius 2 is 2.09 bits per heavy atom. The zero-order valence-corrected chi connectivity index (χ0v) is 12.9. The number of hydrogen-bond acceptors (Lipinski definition) is 4. The van der Waals surface area contributed by atoms with Gasteiger partial charge in [-0.3, -0.25) is 4.79 Å². The molecule has 3 aliphatic rings. The summed E-state index contributed by atoms with van der Waals surface area (Å²) in [6.45, 7) is 3.41. The summed E-state index contributed by atoms with van der Waals surface area (Å²) in [5.74, 6) is 1.50. The van der Waals surface area contributed by atoms with E-state index < -0.39 is 0 Å². The summed E-state index contributed by atoms with van der Waals surface area (Å²) in [6.07, 6.45) is 5.50. The van der Waals surface area contributed by atoms with Crippen LogP contribution in [0.2, 0.25) is 0 Å². The van der Waals surface area contributed by atoms with Crippen LogP contribution < -0.4 is 0 Å². The lowest BCUT2D eigenvalue weighted by molar-refractivity contribution is -0.157. The number of carbonyl (C=O) groups is 1. The molecule has 1 aliphatic carbocycles. The van der Waals surface area contributed by atoms with Crippen LogP contribution in [0.3, 0.4) is 0 Å². The first kappa shape index (κ1) is 14.3. The monoisotopic (exact) mass is 305 g/mol. The van der Waals surface area contributed by atoms with Gasteiger partial charge in [0.2, 0.25) is 5.91 Å². The lowest BCUT2D eigenvalue weighted by Gasteiger charge is -2.42. The van der Waals surface area contributed by atoms with Crippen LogP contribution in [0.5, 0.6) is 0 Å². The van der Waals surface area contributed by atoms with Crippen LogP contribution in [0.15, 0.2) is 22.8 Å². The normalized spacial score (nSPS) is 35.8. The van der Waals surface area contributed by atoms with Gasteiger partial charge in [0.25, 0.3) is 0 Å². The average molecular weight is 305 g/mol. The van der Waals surface area contributed by atoms with Gasteiger partial charge >= 0.3 is 0 Å². The topological polar surface area (TPSA) is 51.9 Å². The van der Waals surface area contributed by atoms with Gasteiger partial charge in [-0.25, -0.2) is 0 Å². The van der Waals surface area contributed by atoms with Gasteiger partial charge in [0.15, 0.2) is 6.29 Å². The van der Waals surface area contributed by atoms with Gasteiger partial charge in [-0.15, -0.1) is 0 Å². The largest absolute Gasteiger partial charge is 0.469 e. The molecule has 1 saturated carbocycles. The highest BCUT2D eigenvalue weighted by atomic mass is 16.7. The fourth-order valence-corrected chi connectivity index (χ4v) is 3.95. The Morgan fingerprint density at radius 3 is 2.82 bits per heavy atom. The highest BCUT2D eigenvalue weighted by Gasteiger charge is 2.51. The molecule has 0 N–H and O–H groups in total. The summed E-state index contributed by atoms with van der Waals surface area (Å²) < 4.78 is 16.8. The third-order valence-electron chi connectivity index (χ3n) is 5.19. The Labute approximate surface area is 130 Å². The maximum absolute atomic E-state index is 13.0. The van der Waals surface area contributed by atoms with Crippen molar-refractivity contribution in [2.45, 2.75) is 56.9 Å². The van der Waals surface area contributed by atoms with Crippen molar-refractivity contribution in [2.75, 3.05) is 13.2 Å². The molecule has 120 valence electrons. The molecule has 0 aromatic carbocycles. The zero-order chi connectivity index (χ0) is 15.1. The third-order valence-corrected chi connectivity index (χ3v) is 5.19. The van der Waals surface area contributed by atoms with Gasteiger partial charge < -0.3 is 18.8 Å². The molecule has 0 radical (unpaired) electrons. The maximum Gasteiger partial charge on any atom is 0.227 e. The minimum atomic E-state index is -0.243. The molecular weight excluding hydrogens is 282 g/mol. The van der Waals surface area contributed by atoms with E-state index in [9.17, 15) is 4.79 Å². The van der Waals surface area contributed by atoms with E-state index in [0.29, 0.717) is 13.2 Å². The van der Waals surface area contributed by atoms with Crippen molar-refractivity contribution < 1.29 is 18.7 Å². The first-order valence-corrected chi connectivity index (χ1v) is 8.34. The molecule has 22 heavy (non-hydrogen) atoms. The van der Waals surface area contributed by atoms with E-state index in [1.807, 2.05) is 17.0 Å². The summed E-state index contributed by atoms with van der Waals surface area (Å²) in [7, 11) is 0. The van der Waals surface area contributed by atoms with E-state index in [2.05, 4.69) is 6.92 Å².